The van der Waals surface area contributed by atoms with Crippen molar-refractivity contribution in [3.8, 4) is 0 Å². The minimum Gasteiger partial charge on any atom is -0.396 e. The van der Waals surface area contributed by atoms with E-state index in [1.54, 1.807) is 0 Å². The highest BCUT2D eigenvalue weighted by Gasteiger charge is 2.07. The number of halogens is 3. The molecule has 0 saturated heterocycles. The average Bonchev–Trinajstić information content (AvgIpc) is 2.03. The molecule has 1 aromatic rings. The molecule has 0 unspecified atom stereocenters. The fourth-order valence-corrected chi connectivity index (χ4v) is 1.09. The molecule has 3 N–H and O–H groups in total. The van der Waals surface area contributed by atoms with Gasteiger partial charge in [0.25, 0.3) is 0 Å². The van der Waals surface area contributed by atoms with E-state index in [1.807, 2.05) is 0 Å². The summed E-state index contributed by atoms with van der Waals surface area (Å²) in [4.78, 5) is 0. The summed E-state index contributed by atoms with van der Waals surface area (Å²) in [7, 11) is 0. The van der Waals surface area contributed by atoms with Crippen LogP contribution in [0.15, 0.2) is 18.2 Å². The Kier molecular flexibility index (Phi) is 5.60. The number of hydrogen-bond donors (Lipinski definition) is 2. The van der Waals surface area contributed by atoms with E-state index >= 15 is 0 Å². The van der Waals surface area contributed by atoms with Crippen molar-refractivity contribution in [2.24, 2.45) is 5.73 Å². The molecule has 0 aromatic heterocycles. The van der Waals surface area contributed by atoms with Crippen molar-refractivity contribution < 1.29 is 13.9 Å². The maximum atomic E-state index is 12.7. The third kappa shape index (κ3) is 3.57. The predicted molar refractivity (Wildman–Crippen MR) is 52.2 cm³/mol. The molecule has 0 radical (unpaired) electrons. The van der Waals surface area contributed by atoms with E-state index in [4.69, 9.17) is 10.8 Å². The summed E-state index contributed by atoms with van der Waals surface area (Å²) in [5.41, 5.74) is 5.92. The van der Waals surface area contributed by atoms with Gasteiger partial charge in [0.1, 0.15) is 11.6 Å². The van der Waals surface area contributed by atoms with Crippen LogP contribution in [-0.2, 0) is 0 Å². The van der Waals surface area contributed by atoms with Crippen molar-refractivity contribution in [3.63, 3.8) is 0 Å². The van der Waals surface area contributed by atoms with Gasteiger partial charge in [-0.3, -0.25) is 0 Å². The van der Waals surface area contributed by atoms with Crippen molar-refractivity contribution in [3.05, 3.63) is 35.4 Å². The van der Waals surface area contributed by atoms with Crippen LogP contribution in [0, 0.1) is 11.6 Å². The van der Waals surface area contributed by atoms with E-state index < -0.39 is 17.7 Å². The minimum atomic E-state index is -0.650. The lowest BCUT2D eigenvalue weighted by molar-refractivity contribution is 0.276. The highest BCUT2D eigenvalue weighted by atomic mass is 35.5. The fourth-order valence-electron chi connectivity index (χ4n) is 1.09. The van der Waals surface area contributed by atoms with E-state index in [2.05, 4.69) is 0 Å². The molecule has 0 fully saturated rings. The van der Waals surface area contributed by atoms with Gasteiger partial charge in [-0.25, -0.2) is 8.78 Å². The molecule has 0 saturated carbocycles. The predicted octanol–water partition coefficient (Wildman–Crippen LogP) is 1.77. The monoisotopic (exact) mass is 223 g/mol. The Morgan fingerprint density at radius 3 is 2.14 bits per heavy atom. The van der Waals surface area contributed by atoms with Gasteiger partial charge < -0.3 is 10.8 Å². The molecular formula is C9H12ClF2NO. The molecule has 1 atom stereocenters. The van der Waals surface area contributed by atoms with Gasteiger partial charge in [0.15, 0.2) is 0 Å². The zero-order valence-corrected chi connectivity index (χ0v) is 8.23. The number of rotatable bonds is 3. The Balaban J connectivity index is 0.00000169. The number of aliphatic hydroxyl groups excluding tert-OH is 1. The first-order valence-electron chi connectivity index (χ1n) is 3.96. The third-order valence-corrected chi connectivity index (χ3v) is 1.75. The summed E-state index contributed by atoms with van der Waals surface area (Å²) in [5.74, 6) is -1.30. The molecule has 0 heterocycles. The fraction of sp³-hybridized carbons (Fsp3) is 0.333. The van der Waals surface area contributed by atoms with Crippen LogP contribution in [0.1, 0.15) is 18.0 Å². The average molecular weight is 224 g/mol. The number of hydrogen-bond acceptors (Lipinski definition) is 2. The van der Waals surface area contributed by atoms with Crippen LogP contribution in [0.5, 0.6) is 0 Å². The molecule has 2 nitrogen and oxygen atoms in total. The summed E-state index contributed by atoms with van der Waals surface area (Å²) in [6.45, 7) is -0.0979. The Morgan fingerprint density at radius 1 is 1.21 bits per heavy atom. The lowest BCUT2D eigenvalue weighted by Gasteiger charge is -2.10. The first-order valence-corrected chi connectivity index (χ1v) is 3.96. The van der Waals surface area contributed by atoms with E-state index in [0.717, 1.165) is 6.07 Å². The summed E-state index contributed by atoms with van der Waals surface area (Å²) < 4.78 is 25.3. The summed E-state index contributed by atoms with van der Waals surface area (Å²) >= 11 is 0. The molecule has 80 valence electrons. The van der Waals surface area contributed by atoms with Gasteiger partial charge in [0.05, 0.1) is 0 Å². The zero-order chi connectivity index (χ0) is 9.84. The van der Waals surface area contributed by atoms with Crippen molar-refractivity contribution in [2.45, 2.75) is 12.5 Å². The maximum Gasteiger partial charge on any atom is 0.126 e. The normalized spacial score (nSPS) is 12.0. The van der Waals surface area contributed by atoms with Gasteiger partial charge >= 0.3 is 0 Å². The van der Waals surface area contributed by atoms with Gasteiger partial charge in [0, 0.05) is 18.7 Å². The maximum absolute atomic E-state index is 12.7. The zero-order valence-electron chi connectivity index (χ0n) is 7.41. The van der Waals surface area contributed by atoms with Crippen LogP contribution in [0.2, 0.25) is 0 Å². The first kappa shape index (κ1) is 13.3. The van der Waals surface area contributed by atoms with E-state index in [0.29, 0.717) is 12.0 Å². The second kappa shape index (κ2) is 5.90. The van der Waals surface area contributed by atoms with E-state index in [-0.39, 0.29) is 19.0 Å². The lowest BCUT2D eigenvalue weighted by Crippen LogP contribution is -2.12. The first-order chi connectivity index (χ1) is 6.13. The van der Waals surface area contributed by atoms with E-state index in [9.17, 15) is 8.78 Å². The van der Waals surface area contributed by atoms with E-state index in [1.165, 1.54) is 12.1 Å². The topological polar surface area (TPSA) is 46.2 Å². The Labute approximate surface area is 87.1 Å². The van der Waals surface area contributed by atoms with Crippen LogP contribution >= 0.6 is 12.4 Å². The molecule has 5 heteroatoms. The van der Waals surface area contributed by atoms with Gasteiger partial charge in [-0.1, -0.05) is 0 Å². The van der Waals surface area contributed by atoms with Crippen LogP contribution in [0.25, 0.3) is 0 Å². The Bertz CT molecular complexity index is 276. The quantitative estimate of drug-likeness (QED) is 0.821. The number of benzene rings is 1. The van der Waals surface area contributed by atoms with Gasteiger partial charge in [0.2, 0.25) is 0 Å². The van der Waals surface area contributed by atoms with Crippen LogP contribution in [0.4, 0.5) is 8.78 Å². The summed E-state index contributed by atoms with van der Waals surface area (Å²) in [6, 6.07) is 2.61. The Hall–Kier alpha value is -0.710. The molecule has 0 aliphatic carbocycles. The smallest absolute Gasteiger partial charge is 0.126 e. The molecule has 14 heavy (non-hydrogen) atoms. The van der Waals surface area contributed by atoms with Crippen LogP contribution < -0.4 is 5.73 Å². The molecule has 0 aliphatic heterocycles. The van der Waals surface area contributed by atoms with Gasteiger partial charge in [-0.15, -0.1) is 12.4 Å². The van der Waals surface area contributed by atoms with Crippen LogP contribution in [-0.4, -0.2) is 11.7 Å². The SMILES string of the molecule is Cl.N[C@H](CCO)c1cc(F)cc(F)c1. The summed E-state index contributed by atoms with van der Waals surface area (Å²) in [5, 5.41) is 8.57. The molecule has 1 aromatic carbocycles. The molecule has 1 rings (SSSR count). The van der Waals surface area contributed by atoms with Crippen LogP contribution in [0.3, 0.4) is 0 Å². The van der Waals surface area contributed by atoms with Crippen molar-refractivity contribution in [2.75, 3.05) is 6.61 Å². The second-order valence-electron chi connectivity index (χ2n) is 2.82. The molecule has 0 amide bonds. The highest BCUT2D eigenvalue weighted by Crippen LogP contribution is 2.16. The molecule has 0 aliphatic rings. The molecular weight excluding hydrogens is 212 g/mol. The van der Waals surface area contributed by atoms with Crippen molar-refractivity contribution in [1.29, 1.82) is 0 Å². The van der Waals surface area contributed by atoms with Crippen molar-refractivity contribution in [1.82, 2.24) is 0 Å². The standard InChI is InChI=1S/C9H11F2NO.ClH/c10-7-3-6(4-8(11)5-7)9(12)1-2-13;/h3-5,9,13H,1-2,12H2;1H/t9-;/m1./s1. The highest BCUT2D eigenvalue weighted by molar-refractivity contribution is 5.85. The van der Waals surface area contributed by atoms with Gasteiger partial charge in [-0.05, 0) is 24.1 Å². The molecule has 0 bridgehead atoms. The van der Waals surface area contributed by atoms with Crippen molar-refractivity contribution >= 4 is 12.4 Å². The minimum absolute atomic E-state index is 0. The molecule has 0 spiro atoms. The lowest BCUT2D eigenvalue weighted by atomic mass is 10.1. The second-order valence-corrected chi connectivity index (χ2v) is 2.82. The number of nitrogens with two attached hydrogens (primary N) is 1. The Morgan fingerprint density at radius 2 is 1.71 bits per heavy atom. The summed E-state index contributed by atoms with van der Waals surface area (Å²) in [6.07, 6.45) is 0.295. The largest absolute Gasteiger partial charge is 0.396 e. The van der Waals surface area contributed by atoms with Gasteiger partial charge in [-0.2, -0.15) is 0 Å². The third-order valence-electron chi connectivity index (χ3n) is 1.75. The number of aliphatic hydroxyl groups is 1.